The summed E-state index contributed by atoms with van der Waals surface area (Å²) in [5.41, 5.74) is -2.95. The molecule has 12 unspecified atom stereocenters. The number of aliphatic hydroxyl groups is 5. The van der Waals surface area contributed by atoms with Gasteiger partial charge >= 0.3 is 0 Å². The number of aliphatic hydroxyl groups excluding tert-OH is 3. The van der Waals surface area contributed by atoms with Gasteiger partial charge in [0.1, 0.15) is 6.10 Å². The van der Waals surface area contributed by atoms with Gasteiger partial charge in [-0.05, 0) is 86.7 Å². The molecule has 0 spiro atoms. The third-order valence-corrected chi connectivity index (χ3v) is 11.6. The first-order valence-corrected chi connectivity index (χ1v) is 13.6. The van der Waals surface area contributed by atoms with Gasteiger partial charge in [-0.1, -0.05) is 20.8 Å². The van der Waals surface area contributed by atoms with Crippen molar-refractivity contribution in [3.8, 4) is 0 Å². The van der Waals surface area contributed by atoms with Crippen molar-refractivity contribution in [1.29, 1.82) is 0 Å². The van der Waals surface area contributed by atoms with Gasteiger partial charge < -0.3 is 30.3 Å². The second-order valence-electron chi connectivity index (χ2n) is 13.2. The molecular formula is C28H44O7. The highest BCUT2D eigenvalue weighted by atomic mass is 16.5. The summed E-state index contributed by atoms with van der Waals surface area (Å²) in [5, 5.41) is 55.7. The van der Waals surface area contributed by atoms with E-state index in [1.807, 2.05) is 13.8 Å². The van der Waals surface area contributed by atoms with Crippen LogP contribution in [0.1, 0.15) is 72.6 Å². The summed E-state index contributed by atoms with van der Waals surface area (Å²) in [6.45, 7) is 8.10. The van der Waals surface area contributed by atoms with Crippen molar-refractivity contribution in [3.05, 3.63) is 11.6 Å². The summed E-state index contributed by atoms with van der Waals surface area (Å²) in [6.07, 6.45) is 3.74. The van der Waals surface area contributed by atoms with Crippen molar-refractivity contribution in [2.45, 2.75) is 102 Å². The van der Waals surface area contributed by atoms with E-state index in [1.165, 1.54) is 0 Å². The van der Waals surface area contributed by atoms with E-state index in [0.717, 1.165) is 18.4 Å². The highest BCUT2D eigenvalue weighted by Gasteiger charge is 2.69. The number of ether oxygens (including phenoxy) is 1. The van der Waals surface area contributed by atoms with Crippen molar-refractivity contribution in [2.24, 2.45) is 40.4 Å². The maximum atomic E-state index is 13.3. The van der Waals surface area contributed by atoms with E-state index < -0.39 is 40.8 Å². The first kappa shape index (κ1) is 25.8. The Hall–Kier alpha value is -0.830. The fourth-order valence-corrected chi connectivity index (χ4v) is 9.24. The Morgan fingerprint density at radius 3 is 2.57 bits per heavy atom. The summed E-state index contributed by atoms with van der Waals surface area (Å²) in [7, 11) is 0. The Morgan fingerprint density at radius 2 is 1.89 bits per heavy atom. The van der Waals surface area contributed by atoms with Crippen LogP contribution in [0.5, 0.6) is 0 Å². The molecule has 5 aliphatic rings. The molecule has 0 bridgehead atoms. The van der Waals surface area contributed by atoms with Crippen LogP contribution in [-0.2, 0) is 9.53 Å². The molecule has 35 heavy (non-hydrogen) atoms. The average Bonchev–Trinajstić information content (AvgIpc) is 3.31. The number of carbonyl (C=O) groups excluding carboxylic acids is 1. The van der Waals surface area contributed by atoms with Gasteiger partial charge in [0, 0.05) is 23.9 Å². The molecule has 7 heteroatoms. The summed E-state index contributed by atoms with van der Waals surface area (Å²) in [5.74, 6) is -0.705. The van der Waals surface area contributed by atoms with Gasteiger partial charge in [0.05, 0.1) is 30.0 Å². The summed E-state index contributed by atoms with van der Waals surface area (Å²) < 4.78 is 5.84. The Balaban J connectivity index is 1.48. The molecule has 1 heterocycles. The largest absolute Gasteiger partial charge is 0.396 e. The predicted octanol–water partition coefficient (Wildman–Crippen LogP) is 1.98. The first-order chi connectivity index (χ1) is 16.3. The topological polar surface area (TPSA) is 127 Å². The molecule has 4 aliphatic carbocycles. The molecule has 1 aliphatic heterocycles. The maximum absolute atomic E-state index is 13.3. The van der Waals surface area contributed by atoms with E-state index in [4.69, 9.17) is 4.74 Å². The number of ketones is 1. The minimum Gasteiger partial charge on any atom is -0.396 e. The van der Waals surface area contributed by atoms with Crippen LogP contribution in [0.25, 0.3) is 0 Å². The monoisotopic (exact) mass is 492 g/mol. The van der Waals surface area contributed by atoms with Gasteiger partial charge in [-0.2, -0.15) is 0 Å². The van der Waals surface area contributed by atoms with Gasteiger partial charge in [0.2, 0.25) is 0 Å². The SMILES string of the molecule is CC1COC(C(O)C(C)(O)C2CCC3(O)C4=CC(=O)C5CC(O)CCC5(C)C4CCC23C)C1CO. The highest BCUT2D eigenvalue weighted by molar-refractivity contribution is 5.95. The second kappa shape index (κ2) is 8.34. The molecule has 4 fully saturated rings. The average molecular weight is 493 g/mol. The Labute approximate surface area is 208 Å². The molecule has 0 radical (unpaired) electrons. The quantitative estimate of drug-likeness (QED) is 0.406. The Kier molecular flexibility index (Phi) is 6.15. The van der Waals surface area contributed by atoms with Crippen LogP contribution in [0.3, 0.4) is 0 Å². The molecule has 7 nitrogen and oxygen atoms in total. The summed E-state index contributed by atoms with van der Waals surface area (Å²) in [4.78, 5) is 13.3. The zero-order chi connectivity index (χ0) is 25.6. The molecule has 0 amide bonds. The predicted molar refractivity (Wildman–Crippen MR) is 129 cm³/mol. The van der Waals surface area contributed by atoms with Gasteiger partial charge in [-0.3, -0.25) is 4.79 Å². The number of allylic oxidation sites excluding steroid dienone is 1. The fourth-order valence-electron chi connectivity index (χ4n) is 9.24. The van der Waals surface area contributed by atoms with Gasteiger partial charge in [0.15, 0.2) is 5.78 Å². The normalized spacial score (nSPS) is 52.2. The van der Waals surface area contributed by atoms with E-state index in [2.05, 4.69) is 6.92 Å². The zero-order valence-corrected chi connectivity index (χ0v) is 21.6. The number of carbonyl (C=O) groups is 1. The van der Waals surface area contributed by atoms with Crippen molar-refractivity contribution in [2.75, 3.05) is 13.2 Å². The lowest BCUT2D eigenvalue weighted by Gasteiger charge is -2.60. The molecule has 0 aromatic carbocycles. The van der Waals surface area contributed by atoms with Crippen LogP contribution < -0.4 is 0 Å². The van der Waals surface area contributed by atoms with Crippen LogP contribution in [-0.4, -0.2) is 74.0 Å². The van der Waals surface area contributed by atoms with E-state index in [0.29, 0.717) is 38.7 Å². The minimum absolute atomic E-state index is 0.00421. The molecule has 0 aromatic rings. The lowest BCUT2D eigenvalue weighted by atomic mass is 9.46. The smallest absolute Gasteiger partial charge is 0.159 e. The van der Waals surface area contributed by atoms with Gasteiger partial charge in [-0.25, -0.2) is 0 Å². The molecule has 198 valence electrons. The molecule has 1 saturated heterocycles. The number of fused-ring (bicyclic) bond motifs is 5. The summed E-state index contributed by atoms with van der Waals surface area (Å²) >= 11 is 0. The molecule has 3 saturated carbocycles. The second-order valence-corrected chi connectivity index (χ2v) is 13.2. The van der Waals surface area contributed by atoms with Crippen LogP contribution in [0.2, 0.25) is 0 Å². The highest BCUT2D eigenvalue weighted by Crippen LogP contribution is 2.68. The number of rotatable bonds is 4. The molecule has 0 aromatic heterocycles. The third-order valence-electron chi connectivity index (χ3n) is 11.6. The lowest BCUT2D eigenvalue weighted by molar-refractivity contribution is -0.194. The minimum atomic E-state index is -1.53. The van der Waals surface area contributed by atoms with Crippen LogP contribution in [0, 0.1) is 40.4 Å². The van der Waals surface area contributed by atoms with Crippen LogP contribution in [0.15, 0.2) is 11.6 Å². The number of hydrogen-bond donors (Lipinski definition) is 5. The Morgan fingerprint density at radius 1 is 1.17 bits per heavy atom. The lowest BCUT2D eigenvalue weighted by Crippen LogP contribution is -2.63. The third kappa shape index (κ3) is 3.41. The van der Waals surface area contributed by atoms with E-state index in [9.17, 15) is 30.3 Å². The first-order valence-electron chi connectivity index (χ1n) is 13.6. The number of hydrogen-bond acceptors (Lipinski definition) is 7. The zero-order valence-electron chi connectivity index (χ0n) is 21.6. The van der Waals surface area contributed by atoms with Crippen molar-refractivity contribution in [3.63, 3.8) is 0 Å². The van der Waals surface area contributed by atoms with E-state index in [-0.39, 0.29) is 41.5 Å². The van der Waals surface area contributed by atoms with Gasteiger partial charge in [0.25, 0.3) is 0 Å². The fraction of sp³-hybridized carbons (Fsp3) is 0.893. The van der Waals surface area contributed by atoms with Gasteiger partial charge in [-0.15, -0.1) is 0 Å². The van der Waals surface area contributed by atoms with Crippen molar-refractivity contribution < 1.29 is 35.1 Å². The maximum Gasteiger partial charge on any atom is 0.159 e. The van der Waals surface area contributed by atoms with Crippen molar-refractivity contribution in [1.82, 2.24) is 0 Å². The standard InChI is InChI=1S/C28H44O7/c1-15-14-35-23(17(15)13-29)24(32)27(4,33)22-7-10-28(34)19-12-21(31)20-11-16(30)5-8-25(20,2)18(19)6-9-26(22,28)3/h12,15-18,20,22-24,29-30,32-34H,5-11,13-14H2,1-4H3. The van der Waals surface area contributed by atoms with Crippen molar-refractivity contribution >= 4 is 5.78 Å². The van der Waals surface area contributed by atoms with Crippen LogP contribution >= 0.6 is 0 Å². The summed E-state index contributed by atoms with van der Waals surface area (Å²) in [6, 6.07) is 0. The molecular weight excluding hydrogens is 448 g/mol. The molecule has 5 rings (SSSR count). The van der Waals surface area contributed by atoms with E-state index in [1.54, 1.807) is 13.0 Å². The van der Waals surface area contributed by atoms with E-state index >= 15 is 0 Å². The van der Waals surface area contributed by atoms with Crippen LogP contribution in [0.4, 0.5) is 0 Å². The molecule has 5 N–H and O–H groups in total. The Bertz CT molecular complexity index is 900. The molecule has 12 atom stereocenters.